The second-order valence-electron chi connectivity index (χ2n) is 3.83. The van der Waals surface area contributed by atoms with E-state index in [9.17, 15) is 9.59 Å². The fourth-order valence-corrected chi connectivity index (χ4v) is 2.24. The second-order valence-corrected chi connectivity index (χ2v) is 4.75. The highest BCUT2D eigenvalue weighted by Crippen LogP contribution is 2.25. The number of anilines is 1. The maximum absolute atomic E-state index is 11.7. The van der Waals surface area contributed by atoms with Crippen molar-refractivity contribution >= 4 is 33.6 Å². The van der Waals surface area contributed by atoms with Gasteiger partial charge in [0, 0.05) is 10.2 Å². The predicted molar refractivity (Wildman–Crippen MR) is 66.0 cm³/mol. The summed E-state index contributed by atoms with van der Waals surface area (Å²) in [6.45, 7) is 0. The van der Waals surface area contributed by atoms with Gasteiger partial charge in [0.1, 0.15) is 6.04 Å². The maximum atomic E-state index is 11.7. The monoisotopic (exact) mass is 298 g/mol. The summed E-state index contributed by atoms with van der Waals surface area (Å²) in [6, 6.07) is 4.88. The number of benzene rings is 1. The Balaban J connectivity index is 2.22. The lowest BCUT2D eigenvalue weighted by molar-refractivity contribution is -0.118. The standard InChI is InChI=1S/C11H11BrN2O3/c12-7-2-4-8-6(5-7)1-3-9(10(15)13-8)14-11(16)17/h2,4-5,9,14H,1,3H2,(H,13,15)(H,16,17)/t9-/m0/s1. The summed E-state index contributed by atoms with van der Waals surface area (Å²) < 4.78 is 0.940. The van der Waals surface area contributed by atoms with Gasteiger partial charge in [-0.1, -0.05) is 15.9 Å². The van der Waals surface area contributed by atoms with E-state index in [0.717, 1.165) is 15.7 Å². The molecule has 0 bridgehead atoms. The number of aryl methyl sites for hydroxylation is 1. The summed E-state index contributed by atoms with van der Waals surface area (Å²) in [4.78, 5) is 22.3. The Hall–Kier alpha value is -1.56. The van der Waals surface area contributed by atoms with Crippen LogP contribution in [0.25, 0.3) is 0 Å². The lowest BCUT2D eigenvalue weighted by atomic mass is 10.1. The molecule has 1 aliphatic rings. The van der Waals surface area contributed by atoms with Crippen LogP contribution in [0, 0.1) is 0 Å². The summed E-state index contributed by atoms with van der Waals surface area (Å²) in [5.41, 5.74) is 1.75. The molecule has 1 aromatic carbocycles. The molecule has 0 fully saturated rings. The van der Waals surface area contributed by atoms with Crippen molar-refractivity contribution in [3.05, 3.63) is 28.2 Å². The van der Waals surface area contributed by atoms with Crippen molar-refractivity contribution in [1.82, 2.24) is 5.32 Å². The first-order valence-corrected chi connectivity index (χ1v) is 5.94. The van der Waals surface area contributed by atoms with Gasteiger partial charge in [-0.2, -0.15) is 0 Å². The number of halogens is 1. The average Bonchev–Trinajstić information content (AvgIpc) is 2.39. The number of amides is 2. The molecule has 17 heavy (non-hydrogen) atoms. The first-order valence-electron chi connectivity index (χ1n) is 5.15. The van der Waals surface area contributed by atoms with Gasteiger partial charge in [-0.25, -0.2) is 4.79 Å². The highest BCUT2D eigenvalue weighted by Gasteiger charge is 2.24. The zero-order valence-electron chi connectivity index (χ0n) is 8.87. The molecule has 0 aliphatic carbocycles. The van der Waals surface area contributed by atoms with Crippen LogP contribution in [0.4, 0.5) is 10.5 Å². The van der Waals surface area contributed by atoms with E-state index in [-0.39, 0.29) is 5.91 Å². The van der Waals surface area contributed by atoms with Crippen LogP contribution in [0.1, 0.15) is 12.0 Å². The van der Waals surface area contributed by atoms with E-state index >= 15 is 0 Å². The second kappa shape index (κ2) is 4.75. The number of rotatable bonds is 1. The third kappa shape index (κ3) is 2.76. The van der Waals surface area contributed by atoms with Crippen LogP contribution in [0.3, 0.4) is 0 Å². The third-order valence-corrected chi connectivity index (χ3v) is 3.13. The van der Waals surface area contributed by atoms with Crippen molar-refractivity contribution in [2.24, 2.45) is 0 Å². The van der Waals surface area contributed by atoms with Crippen molar-refractivity contribution < 1.29 is 14.7 Å². The van der Waals surface area contributed by atoms with Crippen LogP contribution in [-0.4, -0.2) is 23.1 Å². The van der Waals surface area contributed by atoms with Gasteiger partial charge in [-0.05, 0) is 36.6 Å². The van der Waals surface area contributed by atoms with Crippen LogP contribution >= 0.6 is 15.9 Å². The number of hydrogen-bond acceptors (Lipinski definition) is 2. The van der Waals surface area contributed by atoms with Crippen molar-refractivity contribution in [2.45, 2.75) is 18.9 Å². The van der Waals surface area contributed by atoms with E-state index < -0.39 is 12.1 Å². The normalized spacial score (nSPS) is 18.9. The summed E-state index contributed by atoms with van der Waals surface area (Å²) in [6.07, 6.45) is -0.0719. The van der Waals surface area contributed by atoms with Crippen LogP contribution in [-0.2, 0) is 11.2 Å². The van der Waals surface area contributed by atoms with Gasteiger partial charge in [0.15, 0.2) is 0 Å². The molecule has 1 aromatic rings. The number of nitrogens with one attached hydrogen (secondary N) is 2. The minimum absolute atomic E-state index is 0.312. The highest BCUT2D eigenvalue weighted by molar-refractivity contribution is 9.10. The predicted octanol–water partition coefficient (Wildman–Crippen LogP) is 1.97. The lowest BCUT2D eigenvalue weighted by Crippen LogP contribution is -2.42. The summed E-state index contributed by atoms with van der Waals surface area (Å²) in [5.74, 6) is -0.312. The van der Waals surface area contributed by atoms with Crippen molar-refractivity contribution in [1.29, 1.82) is 0 Å². The average molecular weight is 299 g/mol. The quantitative estimate of drug-likeness (QED) is 0.742. The Morgan fingerprint density at radius 2 is 2.29 bits per heavy atom. The SMILES string of the molecule is O=C(O)N[C@H]1CCc2cc(Br)ccc2NC1=O. The van der Waals surface area contributed by atoms with E-state index in [2.05, 4.69) is 26.6 Å². The van der Waals surface area contributed by atoms with Crippen LogP contribution in [0.2, 0.25) is 0 Å². The van der Waals surface area contributed by atoms with Gasteiger partial charge in [0.05, 0.1) is 0 Å². The van der Waals surface area contributed by atoms with Crippen molar-refractivity contribution in [3.63, 3.8) is 0 Å². The Morgan fingerprint density at radius 1 is 1.53 bits per heavy atom. The number of carbonyl (C=O) groups excluding carboxylic acids is 1. The third-order valence-electron chi connectivity index (χ3n) is 2.64. The van der Waals surface area contributed by atoms with Gasteiger partial charge in [-0.15, -0.1) is 0 Å². The molecule has 90 valence electrons. The molecule has 1 heterocycles. The molecule has 1 atom stereocenters. The molecular formula is C11H11BrN2O3. The topological polar surface area (TPSA) is 78.4 Å². The zero-order chi connectivity index (χ0) is 12.4. The molecule has 3 N–H and O–H groups in total. The largest absolute Gasteiger partial charge is 0.465 e. The van der Waals surface area contributed by atoms with E-state index in [0.29, 0.717) is 12.8 Å². The molecular weight excluding hydrogens is 288 g/mol. The molecule has 0 saturated carbocycles. The molecule has 0 radical (unpaired) electrons. The van der Waals surface area contributed by atoms with Gasteiger partial charge in [0.2, 0.25) is 5.91 Å². The number of fused-ring (bicyclic) bond motifs is 1. The Bertz CT molecular complexity index is 476. The van der Waals surface area contributed by atoms with Crippen LogP contribution in [0.15, 0.2) is 22.7 Å². The fourth-order valence-electron chi connectivity index (χ4n) is 1.83. The number of carboxylic acid groups (broad SMARTS) is 1. The number of hydrogen-bond donors (Lipinski definition) is 3. The molecule has 0 unspecified atom stereocenters. The summed E-state index contributed by atoms with van der Waals surface area (Å²) >= 11 is 3.36. The Kier molecular flexibility index (Phi) is 3.33. The minimum Gasteiger partial charge on any atom is -0.465 e. The summed E-state index contributed by atoms with van der Waals surface area (Å²) in [7, 11) is 0. The molecule has 2 amide bonds. The molecule has 1 aliphatic heterocycles. The fraction of sp³-hybridized carbons (Fsp3) is 0.273. The Morgan fingerprint density at radius 3 is 3.00 bits per heavy atom. The molecule has 0 aromatic heterocycles. The first-order chi connectivity index (χ1) is 8.06. The van der Waals surface area contributed by atoms with E-state index in [1.807, 2.05) is 12.1 Å². The molecule has 6 heteroatoms. The van der Waals surface area contributed by atoms with Crippen LogP contribution in [0.5, 0.6) is 0 Å². The molecule has 0 saturated heterocycles. The molecule has 2 rings (SSSR count). The van der Waals surface area contributed by atoms with Gasteiger partial charge < -0.3 is 15.7 Å². The Labute approximate surface area is 106 Å². The lowest BCUT2D eigenvalue weighted by Gasteiger charge is -2.12. The van der Waals surface area contributed by atoms with E-state index in [1.165, 1.54) is 0 Å². The van der Waals surface area contributed by atoms with Crippen molar-refractivity contribution in [3.8, 4) is 0 Å². The highest BCUT2D eigenvalue weighted by atomic mass is 79.9. The van der Waals surface area contributed by atoms with E-state index in [1.54, 1.807) is 6.07 Å². The summed E-state index contributed by atoms with van der Waals surface area (Å²) in [5, 5.41) is 13.6. The maximum Gasteiger partial charge on any atom is 0.405 e. The van der Waals surface area contributed by atoms with Crippen LogP contribution < -0.4 is 10.6 Å². The van der Waals surface area contributed by atoms with Gasteiger partial charge >= 0.3 is 6.09 Å². The number of carbonyl (C=O) groups is 2. The van der Waals surface area contributed by atoms with Gasteiger partial charge in [0.25, 0.3) is 0 Å². The smallest absolute Gasteiger partial charge is 0.405 e. The zero-order valence-corrected chi connectivity index (χ0v) is 10.5. The van der Waals surface area contributed by atoms with Crippen molar-refractivity contribution in [2.75, 3.05) is 5.32 Å². The molecule has 0 spiro atoms. The first kappa shape index (κ1) is 11.9. The minimum atomic E-state index is -1.18. The van der Waals surface area contributed by atoms with Gasteiger partial charge in [-0.3, -0.25) is 4.79 Å². The van der Waals surface area contributed by atoms with E-state index in [4.69, 9.17) is 5.11 Å². The molecule has 5 nitrogen and oxygen atoms in total.